The second kappa shape index (κ2) is 12.4. The number of piperazine rings is 1. The molecule has 1 unspecified atom stereocenters. The fourth-order valence-electron chi connectivity index (χ4n) is 3.51. The fraction of sp³-hybridized carbons (Fsp3) is 0.455. The van der Waals surface area contributed by atoms with Gasteiger partial charge in [0, 0.05) is 51.7 Å². The Bertz CT molecular complexity index is 858. The smallest absolute Gasteiger partial charge is 0.386 e. The zero-order chi connectivity index (χ0) is 22.3. The van der Waals surface area contributed by atoms with Gasteiger partial charge in [-0.25, -0.2) is 0 Å². The SMILES string of the molecule is CCNC(=NCC(O)c1ccncc1)N1CCN(Cc2cccc(C(F)(F)F)c2)CC1.I. The molecule has 1 aliphatic heterocycles. The van der Waals surface area contributed by atoms with Gasteiger partial charge in [0.1, 0.15) is 0 Å². The van der Waals surface area contributed by atoms with E-state index in [1.807, 2.05) is 6.92 Å². The summed E-state index contributed by atoms with van der Waals surface area (Å²) in [5.41, 5.74) is 0.808. The quantitative estimate of drug-likeness (QED) is 0.320. The number of rotatable bonds is 6. The summed E-state index contributed by atoms with van der Waals surface area (Å²) in [6.45, 7) is 6.24. The Hall–Kier alpha value is -1.92. The zero-order valence-corrected chi connectivity index (χ0v) is 20.3. The van der Waals surface area contributed by atoms with Gasteiger partial charge in [-0.1, -0.05) is 18.2 Å². The molecule has 32 heavy (non-hydrogen) atoms. The molecule has 6 nitrogen and oxygen atoms in total. The molecule has 1 aromatic heterocycles. The predicted molar refractivity (Wildman–Crippen MR) is 129 cm³/mol. The number of alkyl halides is 3. The third-order valence-electron chi connectivity index (χ3n) is 5.17. The first kappa shape index (κ1) is 26.3. The number of guanidine groups is 1. The Labute approximate surface area is 203 Å². The molecular weight excluding hydrogens is 534 g/mol. The summed E-state index contributed by atoms with van der Waals surface area (Å²) in [5, 5.41) is 13.6. The van der Waals surface area contributed by atoms with Gasteiger partial charge in [-0.15, -0.1) is 24.0 Å². The van der Waals surface area contributed by atoms with Crippen LogP contribution in [0.2, 0.25) is 0 Å². The molecule has 0 aliphatic carbocycles. The number of hydrogen-bond donors (Lipinski definition) is 2. The van der Waals surface area contributed by atoms with Crippen LogP contribution in [-0.2, 0) is 12.7 Å². The van der Waals surface area contributed by atoms with Gasteiger partial charge in [0.25, 0.3) is 0 Å². The Balaban J connectivity index is 0.00000363. The first-order valence-electron chi connectivity index (χ1n) is 10.4. The number of hydrogen-bond acceptors (Lipinski definition) is 4. The Morgan fingerprint density at radius 1 is 1.16 bits per heavy atom. The number of aromatic nitrogens is 1. The zero-order valence-electron chi connectivity index (χ0n) is 17.9. The minimum Gasteiger partial charge on any atom is -0.386 e. The van der Waals surface area contributed by atoms with E-state index in [0.29, 0.717) is 44.8 Å². The Morgan fingerprint density at radius 2 is 1.84 bits per heavy atom. The Kier molecular flexibility index (Phi) is 10.2. The molecular formula is C22H29F3IN5O. The van der Waals surface area contributed by atoms with Gasteiger partial charge in [-0.3, -0.25) is 14.9 Å². The maximum atomic E-state index is 12.9. The summed E-state index contributed by atoms with van der Waals surface area (Å²) >= 11 is 0. The summed E-state index contributed by atoms with van der Waals surface area (Å²) in [4.78, 5) is 12.8. The highest BCUT2D eigenvalue weighted by Crippen LogP contribution is 2.29. The molecule has 176 valence electrons. The monoisotopic (exact) mass is 563 g/mol. The highest BCUT2D eigenvalue weighted by Gasteiger charge is 2.30. The second-order valence-corrected chi connectivity index (χ2v) is 7.45. The molecule has 1 atom stereocenters. The number of pyridine rings is 1. The third kappa shape index (κ3) is 7.59. The van der Waals surface area contributed by atoms with E-state index in [1.165, 1.54) is 12.1 Å². The van der Waals surface area contributed by atoms with Crippen molar-refractivity contribution in [3.8, 4) is 0 Å². The fourth-order valence-corrected chi connectivity index (χ4v) is 3.51. The molecule has 1 aliphatic rings. The molecule has 0 saturated carbocycles. The minimum atomic E-state index is -4.33. The summed E-state index contributed by atoms with van der Waals surface area (Å²) in [7, 11) is 0. The van der Waals surface area contributed by atoms with Gasteiger partial charge in [-0.2, -0.15) is 13.2 Å². The van der Waals surface area contributed by atoms with Gasteiger partial charge in [0.15, 0.2) is 5.96 Å². The van der Waals surface area contributed by atoms with Crippen molar-refractivity contribution < 1.29 is 18.3 Å². The second-order valence-electron chi connectivity index (χ2n) is 7.45. The lowest BCUT2D eigenvalue weighted by Crippen LogP contribution is -2.52. The third-order valence-corrected chi connectivity index (χ3v) is 5.17. The van der Waals surface area contributed by atoms with Gasteiger partial charge in [-0.05, 0) is 36.2 Å². The van der Waals surface area contributed by atoms with Crippen molar-refractivity contribution in [3.05, 3.63) is 65.5 Å². The lowest BCUT2D eigenvalue weighted by Gasteiger charge is -2.36. The van der Waals surface area contributed by atoms with Gasteiger partial charge < -0.3 is 15.3 Å². The van der Waals surface area contributed by atoms with Gasteiger partial charge in [0.05, 0.1) is 18.2 Å². The van der Waals surface area contributed by atoms with E-state index in [1.54, 1.807) is 30.6 Å². The van der Waals surface area contributed by atoms with Crippen LogP contribution in [0, 0.1) is 0 Å². The van der Waals surface area contributed by atoms with Crippen molar-refractivity contribution in [3.63, 3.8) is 0 Å². The Morgan fingerprint density at radius 3 is 2.47 bits per heavy atom. The normalized spacial score (nSPS) is 16.4. The van der Waals surface area contributed by atoms with Crippen molar-refractivity contribution in [2.24, 2.45) is 4.99 Å². The standard InChI is InChI=1S/C22H28F3N5O.HI/c1-2-27-21(28-15-20(31)18-6-8-26-9-7-18)30-12-10-29(11-13-30)16-17-4-3-5-19(14-17)22(23,24)25;/h3-9,14,20,31H,2,10-13,15-16H2,1H3,(H,27,28);1H. The predicted octanol–water partition coefficient (Wildman–Crippen LogP) is 3.54. The van der Waals surface area contributed by atoms with Crippen LogP contribution in [0.25, 0.3) is 0 Å². The van der Waals surface area contributed by atoms with Crippen LogP contribution in [0.5, 0.6) is 0 Å². The molecule has 1 fully saturated rings. The van der Waals surface area contributed by atoms with Crippen LogP contribution >= 0.6 is 24.0 Å². The molecule has 0 amide bonds. The topological polar surface area (TPSA) is 64.0 Å². The minimum absolute atomic E-state index is 0. The maximum Gasteiger partial charge on any atom is 0.416 e. The van der Waals surface area contributed by atoms with E-state index in [-0.39, 0.29) is 30.5 Å². The lowest BCUT2D eigenvalue weighted by molar-refractivity contribution is -0.137. The van der Waals surface area contributed by atoms with Crippen molar-refractivity contribution >= 4 is 29.9 Å². The first-order chi connectivity index (χ1) is 14.9. The van der Waals surface area contributed by atoms with E-state index in [0.717, 1.165) is 17.6 Å². The van der Waals surface area contributed by atoms with E-state index in [4.69, 9.17) is 0 Å². The summed E-state index contributed by atoms with van der Waals surface area (Å²) in [5.74, 6) is 0.731. The van der Waals surface area contributed by atoms with Crippen LogP contribution in [0.1, 0.15) is 29.7 Å². The van der Waals surface area contributed by atoms with Crippen molar-refractivity contribution in [1.29, 1.82) is 0 Å². The molecule has 10 heteroatoms. The molecule has 0 spiro atoms. The summed E-state index contributed by atoms with van der Waals surface area (Å²) in [6.07, 6.45) is -1.76. The van der Waals surface area contributed by atoms with Crippen LogP contribution < -0.4 is 5.32 Å². The van der Waals surface area contributed by atoms with Crippen LogP contribution in [-0.4, -0.2) is 65.1 Å². The molecule has 2 aromatic rings. The molecule has 0 radical (unpaired) electrons. The number of benzene rings is 1. The highest BCUT2D eigenvalue weighted by atomic mass is 127. The number of aliphatic hydroxyl groups is 1. The summed E-state index contributed by atoms with van der Waals surface area (Å²) in [6, 6.07) is 9.03. The first-order valence-corrected chi connectivity index (χ1v) is 10.4. The van der Waals surface area contributed by atoms with Crippen LogP contribution in [0.15, 0.2) is 53.8 Å². The lowest BCUT2D eigenvalue weighted by atomic mass is 10.1. The van der Waals surface area contributed by atoms with Crippen LogP contribution in [0.4, 0.5) is 13.2 Å². The molecule has 2 heterocycles. The highest BCUT2D eigenvalue weighted by molar-refractivity contribution is 14.0. The van der Waals surface area contributed by atoms with E-state index in [9.17, 15) is 18.3 Å². The van der Waals surface area contributed by atoms with Crippen molar-refractivity contribution in [2.75, 3.05) is 39.3 Å². The van der Waals surface area contributed by atoms with Crippen molar-refractivity contribution in [2.45, 2.75) is 25.7 Å². The number of aliphatic imine (C=N–C) groups is 1. The molecule has 2 N–H and O–H groups in total. The molecule has 1 saturated heterocycles. The summed E-state index contributed by atoms with van der Waals surface area (Å²) < 4.78 is 38.8. The van der Waals surface area contributed by atoms with Crippen molar-refractivity contribution in [1.82, 2.24) is 20.1 Å². The molecule has 0 bridgehead atoms. The van der Waals surface area contributed by atoms with E-state index < -0.39 is 17.8 Å². The average Bonchev–Trinajstić information content (AvgIpc) is 2.77. The van der Waals surface area contributed by atoms with E-state index >= 15 is 0 Å². The van der Waals surface area contributed by atoms with Gasteiger partial charge in [0.2, 0.25) is 0 Å². The molecule has 1 aromatic carbocycles. The maximum absolute atomic E-state index is 12.9. The number of nitrogens with zero attached hydrogens (tertiary/aromatic N) is 4. The van der Waals surface area contributed by atoms with Gasteiger partial charge >= 0.3 is 6.18 Å². The number of aliphatic hydroxyl groups excluding tert-OH is 1. The largest absolute Gasteiger partial charge is 0.416 e. The number of halogens is 4. The average molecular weight is 563 g/mol. The molecule has 3 rings (SSSR count). The van der Waals surface area contributed by atoms with E-state index in [2.05, 4.69) is 25.1 Å². The number of nitrogens with one attached hydrogen (secondary N) is 1. The van der Waals surface area contributed by atoms with Crippen LogP contribution in [0.3, 0.4) is 0 Å².